The molecule has 0 aliphatic rings. The lowest BCUT2D eigenvalue weighted by molar-refractivity contribution is -0.152. The van der Waals surface area contributed by atoms with Gasteiger partial charge in [-0.05, 0) is 58.0 Å². The van der Waals surface area contributed by atoms with Gasteiger partial charge >= 0.3 is 5.97 Å². The minimum Gasteiger partial charge on any atom is -0.459 e. The highest BCUT2D eigenvalue weighted by molar-refractivity contribution is 7.92. The molecule has 2 rings (SSSR count). The molecule has 5 nitrogen and oxygen atoms in total. The summed E-state index contributed by atoms with van der Waals surface area (Å²) in [7, 11) is -4.02. The van der Waals surface area contributed by atoms with Crippen molar-refractivity contribution in [2.24, 2.45) is 0 Å². The van der Waals surface area contributed by atoms with E-state index < -0.39 is 28.1 Å². The van der Waals surface area contributed by atoms with Crippen LogP contribution in [0.15, 0.2) is 47.4 Å². The molecule has 0 aliphatic heterocycles. The Hall–Kier alpha value is -1.76. The number of anilines is 1. The minimum absolute atomic E-state index is 0.0581. The van der Waals surface area contributed by atoms with Crippen LogP contribution < -0.4 is 4.31 Å². The van der Waals surface area contributed by atoms with E-state index in [1.807, 2.05) is 6.92 Å². The van der Waals surface area contributed by atoms with Gasteiger partial charge in [-0.1, -0.05) is 40.9 Å². The van der Waals surface area contributed by atoms with Gasteiger partial charge in [0.05, 0.1) is 20.6 Å². The van der Waals surface area contributed by atoms with Gasteiger partial charge in [0, 0.05) is 0 Å². The van der Waals surface area contributed by atoms with Crippen molar-refractivity contribution in [3.05, 3.63) is 58.1 Å². The number of aryl methyl sites for hydroxylation is 1. The van der Waals surface area contributed by atoms with Crippen LogP contribution in [0.3, 0.4) is 0 Å². The summed E-state index contributed by atoms with van der Waals surface area (Å²) >= 11 is 12.0. The molecule has 0 aliphatic carbocycles. The highest BCUT2D eigenvalue weighted by atomic mass is 35.5. The number of carbonyl (C=O) groups is 1. The second-order valence-corrected chi connectivity index (χ2v) is 9.69. The first-order chi connectivity index (χ1) is 12.4. The van der Waals surface area contributed by atoms with E-state index in [-0.39, 0.29) is 20.6 Å². The van der Waals surface area contributed by atoms with Crippen LogP contribution in [0.1, 0.15) is 26.3 Å². The molecule has 0 aromatic heterocycles. The number of nitrogens with zero attached hydrogens (tertiary/aromatic N) is 1. The Kier molecular flexibility index (Phi) is 6.45. The highest BCUT2D eigenvalue weighted by Crippen LogP contribution is 2.30. The van der Waals surface area contributed by atoms with E-state index in [9.17, 15) is 13.2 Å². The fraction of sp³-hybridized carbons (Fsp3) is 0.316. The maximum absolute atomic E-state index is 13.2. The molecule has 0 amide bonds. The van der Waals surface area contributed by atoms with Crippen molar-refractivity contribution in [1.29, 1.82) is 0 Å². The van der Waals surface area contributed by atoms with Crippen LogP contribution in [0.4, 0.5) is 5.69 Å². The fourth-order valence-electron chi connectivity index (χ4n) is 2.28. The molecule has 0 N–H and O–H groups in total. The lowest BCUT2D eigenvalue weighted by Crippen LogP contribution is -2.39. The topological polar surface area (TPSA) is 63.7 Å². The molecule has 0 unspecified atom stereocenters. The zero-order chi connectivity index (χ0) is 20.4. The predicted octanol–water partition coefficient (Wildman–Crippen LogP) is 4.84. The lowest BCUT2D eigenvalue weighted by atomic mass is 10.2. The van der Waals surface area contributed by atoms with Crippen LogP contribution in [-0.4, -0.2) is 26.5 Å². The van der Waals surface area contributed by atoms with E-state index in [4.69, 9.17) is 27.9 Å². The average Bonchev–Trinajstić information content (AvgIpc) is 2.54. The maximum Gasteiger partial charge on any atom is 0.327 e. The smallest absolute Gasteiger partial charge is 0.327 e. The standard InChI is InChI=1S/C19H21Cl2NO4S/c1-13-5-8-15(9-6-13)27(24,25)22(12-18(23)26-19(2,3)4)14-7-10-16(20)17(21)11-14/h5-11H,12H2,1-4H3. The molecule has 0 heterocycles. The molecule has 146 valence electrons. The largest absolute Gasteiger partial charge is 0.459 e. The van der Waals surface area contributed by atoms with E-state index in [1.165, 1.54) is 30.3 Å². The van der Waals surface area contributed by atoms with Gasteiger partial charge in [0.15, 0.2) is 0 Å². The summed E-state index contributed by atoms with van der Waals surface area (Å²) < 4.78 is 32.6. The summed E-state index contributed by atoms with van der Waals surface area (Å²) in [4.78, 5) is 12.4. The fourth-order valence-corrected chi connectivity index (χ4v) is 3.98. The van der Waals surface area contributed by atoms with E-state index in [1.54, 1.807) is 32.9 Å². The third-order valence-corrected chi connectivity index (χ3v) is 6.02. The molecular formula is C19H21Cl2NO4S. The second kappa shape index (κ2) is 8.09. The number of carbonyl (C=O) groups excluding carboxylic acids is 1. The van der Waals surface area contributed by atoms with Crippen LogP contribution in [0.25, 0.3) is 0 Å². The number of sulfonamides is 1. The summed E-state index contributed by atoms with van der Waals surface area (Å²) in [6.45, 7) is 6.49. The van der Waals surface area contributed by atoms with Gasteiger partial charge in [0.1, 0.15) is 12.1 Å². The Labute approximate surface area is 169 Å². The van der Waals surface area contributed by atoms with E-state index >= 15 is 0 Å². The number of benzene rings is 2. The van der Waals surface area contributed by atoms with Crippen LogP contribution in [-0.2, 0) is 19.6 Å². The van der Waals surface area contributed by atoms with Crippen LogP contribution in [0, 0.1) is 6.92 Å². The maximum atomic E-state index is 13.2. The minimum atomic E-state index is -4.02. The van der Waals surface area contributed by atoms with Crippen molar-refractivity contribution in [1.82, 2.24) is 0 Å². The number of hydrogen-bond acceptors (Lipinski definition) is 4. The summed E-state index contributed by atoms with van der Waals surface area (Å²) in [6.07, 6.45) is 0. The third kappa shape index (κ3) is 5.61. The first-order valence-corrected chi connectivity index (χ1v) is 10.4. The molecule has 2 aromatic rings. The normalized spacial score (nSPS) is 11.9. The van der Waals surface area contributed by atoms with Gasteiger partial charge in [-0.2, -0.15) is 0 Å². The molecule has 0 saturated heterocycles. The van der Waals surface area contributed by atoms with E-state index in [0.717, 1.165) is 9.87 Å². The molecule has 0 saturated carbocycles. The molecule has 0 radical (unpaired) electrons. The first-order valence-electron chi connectivity index (χ1n) is 8.16. The zero-order valence-corrected chi connectivity index (χ0v) is 17.8. The summed E-state index contributed by atoms with van der Waals surface area (Å²) in [5.41, 5.74) is 0.395. The van der Waals surface area contributed by atoms with Crippen LogP contribution in [0.2, 0.25) is 10.0 Å². The molecule has 2 aromatic carbocycles. The predicted molar refractivity (Wildman–Crippen MR) is 108 cm³/mol. The zero-order valence-electron chi connectivity index (χ0n) is 15.5. The molecule has 0 atom stereocenters. The molecule has 8 heteroatoms. The van der Waals surface area contributed by atoms with Gasteiger partial charge in [0.2, 0.25) is 0 Å². The average molecular weight is 430 g/mol. The van der Waals surface area contributed by atoms with Crippen LogP contribution in [0.5, 0.6) is 0 Å². The van der Waals surface area contributed by atoms with Gasteiger partial charge in [-0.25, -0.2) is 8.42 Å². The number of esters is 1. The lowest BCUT2D eigenvalue weighted by Gasteiger charge is -2.26. The Morgan fingerprint density at radius 2 is 1.63 bits per heavy atom. The van der Waals surface area contributed by atoms with Crippen molar-refractivity contribution < 1.29 is 17.9 Å². The Morgan fingerprint density at radius 1 is 1.04 bits per heavy atom. The second-order valence-electron chi connectivity index (χ2n) is 7.01. The van der Waals surface area contributed by atoms with Crippen molar-refractivity contribution in [2.45, 2.75) is 38.2 Å². The number of ether oxygens (including phenoxy) is 1. The van der Waals surface area contributed by atoms with Crippen LogP contribution >= 0.6 is 23.2 Å². The van der Waals surface area contributed by atoms with Gasteiger partial charge in [-0.3, -0.25) is 9.10 Å². The highest BCUT2D eigenvalue weighted by Gasteiger charge is 2.29. The van der Waals surface area contributed by atoms with E-state index in [2.05, 4.69) is 0 Å². The SMILES string of the molecule is Cc1ccc(S(=O)(=O)N(CC(=O)OC(C)(C)C)c2ccc(Cl)c(Cl)c2)cc1. The van der Waals surface area contributed by atoms with Gasteiger partial charge < -0.3 is 4.74 Å². The quantitative estimate of drug-likeness (QED) is 0.637. The Bertz CT molecular complexity index is 935. The van der Waals surface area contributed by atoms with Gasteiger partial charge in [0.25, 0.3) is 10.0 Å². The monoisotopic (exact) mass is 429 g/mol. The summed E-state index contributed by atoms with van der Waals surface area (Å²) in [5, 5.41) is 0.466. The molecular weight excluding hydrogens is 409 g/mol. The molecule has 0 spiro atoms. The molecule has 0 fully saturated rings. The van der Waals surface area contributed by atoms with Crippen molar-refractivity contribution >= 4 is 44.9 Å². The van der Waals surface area contributed by atoms with Gasteiger partial charge in [-0.15, -0.1) is 0 Å². The summed E-state index contributed by atoms with van der Waals surface area (Å²) in [6, 6.07) is 10.7. The Morgan fingerprint density at radius 3 is 2.15 bits per heavy atom. The van der Waals surface area contributed by atoms with E-state index in [0.29, 0.717) is 0 Å². The number of rotatable bonds is 5. The van der Waals surface area contributed by atoms with Crippen molar-refractivity contribution in [3.8, 4) is 0 Å². The molecule has 0 bridgehead atoms. The number of halogens is 2. The van der Waals surface area contributed by atoms with Crippen molar-refractivity contribution in [2.75, 3.05) is 10.8 Å². The first kappa shape index (κ1) is 21.5. The summed E-state index contributed by atoms with van der Waals surface area (Å²) in [5.74, 6) is -0.677. The van der Waals surface area contributed by atoms with Crippen molar-refractivity contribution in [3.63, 3.8) is 0 Å². The number of hydrogen-bond donors (Lipinski definition) is 0. The third-order valence-electron chi connectivity index (χ3n) is 3.49. The molecule has 27 heavy (non-hydrogen) atoms. The Balaban J connectivity index is 2.49.